The molecule has 0 aliphatic carbocycles. The second kappa shape index (κ2) is 9.83. The lowest BCUT2D eigenvalue weighted by Crippen LogP contribution is -2.42. The highest BCUT2D eigenvalue weighted by atomic mass is 35.5. The topological polar surface area (TPSA) is 53.6 Å². The zero-order valence-corrected chi connectivity index (χ0v) is 16.3. The first-order chi connectivity index (χ1) is 11.6. The summed E-state index contributed by atoms with van der Waals surface area (Å²) < 4.78 is 6.03. The van der Waals surface area contributed by atoms with Crippen molar-refractivity contribution in [3.05, 3.63) is 33.8 Å². The Morgan fingerprint density at radius 2 is 2.04 bits per heavy atom. The van der Waals surface area contributed by atoms with E-state index in [1.165, 1.54) is 0 Å². The molecule has 0 radical (unpaired) electrons. The van der Waals surface area contributed by atoms with Crippen LogP contribution in [0.2, 0.25) is 10.0 Å². The second-order valence-electron chi connectivity index (χ2n) is 6.31. The minimum Gasteiger partial charge on any atom is -0.372 e. The molecule has 8 heteroatoms. The molecule has 2 fully saturated rings. The average molecular weight is 409 g/mol. The highest BCUT2D eigenvalue weighted by Gasteiger charge is 2.28. The van der Waals surface area contributed by atoms with E-state index in [-0.39, 0.29) is 30.5 Å². The minimum atomic E-state index is -0.117. The second-order valence-corrected chi connectivity index (χ2v) is 7.12. The van der Waals surface area contributed by atoms with Gasteiger partial charge >= 0.3 is 6.03 Å². The lowest BCUT2D eigenvalue weighted by atomic mass is 9.95. The van der Waals surface area contributed by atoms with Crippen molar-refractivity contribution in [3.8, 4) is 0 Å². The van der Waals surface area contributed by atoms with Gasteiger partial charge in [-0.05, 0) is 30.5 Å². The molecule has 1 aromatic carbocycles. The molecular weight excluding hydrogens is 385 g/mol. The van der Waals surface area contributed by atoms with Gasteiger partial charge in [0.15, 0.2) is 0 Å². The van der Waals surface area contributed by atoms with E-state index in [9.17, 15) is 4.79 Å². The van der Waals surface area contributed by atoms with Gasteiger partial charge in [0.25, 0.3) is 0 Å². The van der Waals surface area contributed by atoms with Crippen LogP contribution in [0.25, 0.3) is 0 Å². The normalized spacial score (nSPS) is 23.7. The number of rotatable bonds is 3. The Labute approximate surface area is 164 Å². The van der Waals surface area contributed by atoms with Gasteiger partial charge in [-0.3, -0.25) is 0 Å². The van der Waals surface area contributed by atoms with Crippen LogP contribution >= 0.6 is 35.6 Å². The van der Waals surface area contributed by atoms with Crippen LogP contribution < -0.4 is 10.6 Å². The van der Waals surface area contributed by atoms with Crippen LogP contribution in [-0.4, -0.2) is 50.3 Å². The van der Waals surface area contributed by atoms with Crippen molar-refractivity contribution >= 4 is 41.6 Å². The van der Waals surface area contributed by atoms with Crippen molar-refractivity contribution in [1.29, 1.82) is 0 Å². The predicted molar refractivity (Wildman–Crippen MR) is 103 cm³/mol. The number of amides is 2. The fourth-order valence-corrected chi connectivity index (χ4v) is 3.58. The number of nitrogens with one attached hydrogen (secondary N) is 2. The molecule has 2 aliphatic heterocycles. The number of hydrogen-bond donors (Lipinski definition) is 2. The van der Waals surface area contributed by atoms with Gasteiger partial charge in [-0.25, -0.2) is 4.79 Å². The minimum absolute atomic E-state index is 0. The Bertz CT molecular complexity index is 582. The summed E-state index contributed by atoms with van der Waals surface area (Å²) in [7, 11) is 0. The summed E-state index contributed by atoms with van der Waals surface area (Å²) in [6.45, 7) is 4.47. The number of nitrogens with zero attached hydrogens (tertiary/aromatic N) is 1. The lowest BCUT2D eigenvalue weighted by molar-refractivity contribution is 0.0312. The first-order valence-electron chi connectivity index (χ1n) is 8.45. The molecule has 25 heavy (non-hydrogen) atoms. The fraction of sp³-hybridized carbons (Fsp3) is 0.588. The molecule has 140 valence electrons. The Morgan fingerprint density at radius 1 is 1.28 bits per heavy atom. The molecule has 0 unspecified atom stereocenters. The van der Waals surface area contributed by atoms with Crippen molar-refractivity contribution < 1.29 is 9.53 Å². The lowest BCUT2D eigenvalue weighted by Gasteiger charge is -2.27. The number of benzene rings is 1. The molecule has 0 spiro atoms. The standard InChI is InChI=1S/C17H23Cl2N3O2.ClH/c18-14-4-3-12(9-15(14)19)16-13(10-20-5-8-24-16)11-21-17(23)22-6-1-2-7-22;/h3-4,9,13,16,20H,1-2,5-8,10-11H2,(H,21,23);1H/t13-,16-;/m0./s1. The summed E-state index contributed by atoms with van der Waals surface area (Å²) in [5.74, 6) is 0.135. The van der Waals surface area contributed by atoms with Crippen LogP contribution in [0, 0.1) is 5.92 Å². The summed E-state index contributed by atoms with van der Waals surface area (Å²) in [5, 5.41) is 7.48. The zero-order valence-electron chi connectivity index (χ0n) is 14.0. The van der Waals surface area contributed by atoms with E-state index < -0.39 is 0 Å². The maximum Gasteiger partial charge on any atom is 0.317 e. The summed E-state index contributed by atoms with van der Waals surface area (Å²) in [6.07, 6.45) is 2.06. The molecule has 2 heterocycles. The fourth-order valence-electron chi connectivity index (χ4n) is 3.28. The van der Waals surface area contributed by atoms with Gasteiger partial charge in [0.2, 0.25) is 0 Å². The number of likely N-dealkylation sites (tertiary alicyclic amines) is 1. The molecule has 1 aromatic rings. The molecular formula is C17H24Cl3N3O2. The molecule has 0 bridgehead atoms. The average Bonchev–Trinajstić information content (AvgIpc) is 3.02. The third kappa shape index (κ3) is 5.38. The Hall–Kier alpha value is -0.720. The summed E-state index contributed by atoms with van der Waals surface area (Å²) in [4.78, 5) is 14.1. The van der Waals surface area contributed by atoms with Gasteiger partial charge in [-0.15, -0.1) is 12.4 Å². The van der Waals surface area contributed by atoms with Gasteiger partial charge in [0, 0.05) is 38.6 Å². The Balaban J connectivity index is 0.00000225. The molecule has 0 aromatic heterocycles. The molecule has 2 aliphatic rings. The number of carbonyl (C=O) groups excluding carboxylic acids is 1. The molecule has 2 saturated heterocycles. The first-order valence-corrected chi connectivity index (χ1v) is 9.21. The largest absolute Gasteiger partial charge is 0.372 e. The number of hydrogen-bond acceptors (Lipinski definition) is 3. The monoisotopic (exact) mass is 407 g/mol. The van der Waals surface area contributed by atoms with Crippen LogP contribution in [0.5, 0.6) is 0 Å². The maximum atomic E-state index is 12.2. The molecule has 0 saturated carbocycles. The van der Waals surface area contributed by atoms with Crippen LogP contribution in [0.3, 0.4) is 0 Å². The summed E-state index contributed by atoms with van der Waals surface area (Å²) in [5.41, 5.74) is 0.994. The van der Waals surface area contributed by atoms with E-state index in [0.717, 1.165) is 44.6 Å². The van der Waals surface area contributed by atoms with Gasteiger partial charge in [0.1, 0.15) is 0 Å². The Kier molecular flexibility index (Phi) is 8.10. The van der Waals surface area contributed by atoms with Crippen LogP contribution in [0.4, 0.5) is 4.79 Å². The summed E-state index contributed by atoms with van der Waals surface area (Å²) >= 11 is 12.2. The van der Waals surface area contributed by atoms with Crippen molar-refractivity contribution in [3.63, 3.8) is 0 Å². The number of carbonyl (C=O) groups is 1. The quantitative estimate of drug-likeness (QED) is 0.805. The molecule has 5 nitrogen and oxygen atoms in total. The predicted octanol–water partition coefficient (Wildman–Crippen LogP) is 3.50. The number of urea groups is 1. The van der Waals surface area contributed by atoms with E-state index in [2.05, 4.69) is 10.6 Å². The third-order valence-electron chi connectivity index (χ3n) is 4.59. The molecule has 2 N–H and O–H groups in total. The van der Waals surface area contributed by atoms with E-state index in [0.29, 0.717) is 23.2 Å². The van der Waals surface area contributed by atoms with Crippen LogP contribution in [0.1, 0.15) is 24.5 Å². The van der Waals surface area contributed by atoms with E-state index in [1.54, 1.807) is 6.07 Å². The van der Waals surface area contributed by atoms with E-state index >= 15 is 0 Å². The van der Waals surface area contributed by atoms with E-state index in [4.69, 9.17) is 27.9 Å². The van der Waals surface area contributed by atoms with Crippen molar-refractivity contribution in [2.45, 2.75) is 18.9 Å². The smallest absolute Gasteiger partial charge is 0.317 e. The first kappa shape index (κ1) is 20.6. The van der Waals surface area contributed by atoms with Crippen LogP contribution in [-0.2, 0) is 4.74 Å². The van der Waals surface area contributed by atoms with Gasteiger partial charge in [-0.1, -0.05) is 29.3 Å². The third-order valence-corrected chi connectivity index (χ3v) is 5.33. The Morgan fingerprint density at radius 3 is 2.76 bits per heavy atom. The number of ether oxygens (including phenoxy) is 1. The number of halogens is 3. The van der Waals surface area contributed by atoms with Gasteiger partial charge < -0.3 is 20.3 Å². The van der Waals surface area contributed by atoms with Gasteiger partial charge in [-0.2, -0.15) is 0 Å². The molecule has 3 rings (SSSR count). The van der Waals surface area contributed by atoms with Crippen molar-refractivity contribution in [1.82, 2.24) is 15.5 Å². The highest BCUT2D eigenvalue weighted by Crippen LogP contribution is 2.31. The molecule has 2 amide bonds. The van der Waals surface area contributed by atoms with Gasteiger partial charge in [0.05, 0.1) is 22.8 Å². The maximum absolute atomic E-state index is 12.2. The summed E-state index contributed by atoms with van der Waals surface area (Å²) in [6, 6.07) is 5.61. The van der Waals surface area contributed by atoms with Crippen LogP contribution in [0.15, 0.2) is 18.2 Å². The van der Waals surface area contributed by atoms with Crippen molar-refractivity contribution in [2.75, 3.05) is 39.3 Å². The SMILES string of the molecule is Cl.O=C(NC[C@@H]1CNCCO[C@H]1c1ccc(Cl)c(Cl)c1)N1CCCC1. The van der Waals surface area contributed by atoms with Crippen molar-refractivity contribution in [2.24, 2.45) is 5.92 Å². The van der Waals surface area contributed by atoms with E-state index in [1.807, 2.05) is 17.0 Å². The molecule has 2 atom stereocenters. The zero-order chi connectivity index (χ0) is 16.9. The highest BCUT2D eigenvalue weighted by molar-refractivity contribution is 6.42.